The Morgan fingerprint density at radius 1 is 1.17 bits per heavy atom. The molecule has 1 aliphatic heterocycles. The van der Waals surface area contributed by atoms with Gasteiger partial charge in [-0.15, -0.1) is 4.83 Å². The largest absolute Gasteiger partial charge is 0.461 e. The van der Waals surface area contributed by atoms with E-state index < -0.39 is 54.5 Å². The molecule has 1 fully saturated rings. The Morgan fingerprint density at radius 2 is 1.87 bits per heavy atom. The summed E-state index contributed by atoms with van der Waals surface area (Å²) in [6.07, 6.45) is -1.70. The fourth-order valence-corrected chi connectivity index (χ4v) is 6.60. The molecule has 0 aliphatic carbocycles. The van der Waals surface area contributed by atoms with Gasteiger partial charge >= 0.3 is 13.7 Å². The number of nitrogens with zero attached hydrogens (tertiary/aromatic N) is 5. The van der Waals surface area contributed by atoms with Crippen molar-refractivity contribution in [3.05, 3.63) is 77.8 Å². The predicted octanol–water partition coefficient (Wildman–Crippen LogP) is 1.88. The SMILES string of the molecule is CN(NS(C)(=O)=O)c1ncnc2c1ncn2[C@@H]1OC(OP(=O)(NCC(=O)OCc2ccccc2)Oc2ccc(Cl)cc2)C(O)[C@@]1(C)O. The van der Waals surface area contributed by atoms with Gasteiger partial charge in [-0.3, -0.25) is 18.9 Å². The maximum absolute atomic E-state index is 14.0. The number of rotatable bonds is 13. The van der Waals surface area contributed by atoms with E-state index in [9.17, 15) is 28.0 Å². The van der Waals surface area contributed by atoms with Gasteiger partial charge in [-0.2, -0.15) is 0 Å². The van der Waals surface area contributed by atoms with E-state index in [4.69, 9.17) is 30.1 Å². The predicted molar refractivity (Wildman–Crippen MR) is 167 cm³/mol. The summed E-state index contributed by atoms with van der Waals surface area (Å²) in [7, 11) is -6.81. The molecule has 5 rings (SSSR count). The Hall–Kier alpha value is -3.71. The molecular weight excluding hydrogens is 681 g/mol. The van der Waals surface area contributed by atoms with Crippen molar-refractivity contribution >= 4 is 52.3 Å². The zero-order valence-corrected chi connectivity index (χ0v) is 27.6. The molecule has 1 aliphatic rings. The number of sulfonamides is 1. The van der Waals surface area contributed by atoms with E-state index >= 15 is 0 Å². The number of imidazole rings is 1. The number of esters is 1. The van der Waals surface area contributed by atoms with Crippen molar-refractivity contribution in [3.8, 4) is 5.75 Å². The molecule has 0 amide bonds. The van der Waals surface area contributed by atoms with Crippen LogP contribution in [0.15, 0.2) is 67.3 Å². The van der Waals surface area contributed by atoms with E-state index in [1.165, 1.54) is 49.1 Å². The van der Waals surface area contributed by atoms with Crippen LogP contribution in [0.1, 0.15) is 18.7 Å². The molecule has 0 bridgehead atoms. The Kier molecular flexibility index (Phi) is 10.2. The molecule has 3 unspecified atom stereocenters. The average Bonchev–Trinajstić information content (AvgIpc) is 3.53. The average molecular weight is 712 g/mol. The van der Waals surface area contributed by atoms with Crippen molar-refractivity contribution in [2.24, 2.45) is 0 Å². The van der Waals surface area contributed by atoms with Crippen LogP contribution >= 0.6 is 19.3 Å². The van der Waals surface area contributed by atoms with Crippen LogP contribution < -0.4 is 19.5 Å². The quantitative estimate of drug-likeness (QED) is 0.0885. The lowest BCUT2D eigenvalue weighted by atomic mass is 9.99. The van der Waals surface area contributed by atoms with Crippen molar-refractivity contribution in [1.29, 1.82) is 0 Å². The third-order valence-electron chi connectivity index (χ3n) is 6.77. The van der Waals surface area contributed by atoms with E-state index in [1.807, 2.05) is 6.07 Å². The van der Waals surface area contributed by atoms with Crippen LogP contribution in [0.25, 0.3) is 11.2 Å². The number of halogens is 1. The van der Waals surface area contributed by atoms with Gasteiger partial charge in [0.1, 0.15) is 36.9 Å². The van der Waals surface area contributed by atoms with Crippen molar-refractivity contribution in [1.82, 2.24) is 29.4 Å². The fraction of sp³-hybridized carbons (Fsp3) is 0.333. The Bertz CT molecular complexity index is 1880. The van der Waals surface area contributed by atoms with Gasteiger partial charge in [0, 0.05) is 12.1 Å². The topological polar surface area (TPSA) is 217 Å². The number of aliphatic hydroxyl groups is 2. The van der Waals surface area contributed by atoms with Crippen molar-refractivity contribution < 1.29 is 46.5 Å². The van der Waals surface area contributed by atoms with Crippen molar-refractivity contribution in [2.75, 3.05) is 24.9 Å². The lowest BCUT2D eigenvalue weighted by Gasteiger charge is -2.27. The van der Waals surface area contributed by atoms with E-state index in [0.717, 1.165) is 23.2 Å². The number of carbonyl (C=O) groups is 1. The summed E-state index contributed by atoms with van der Waals surface area (Å²) in [5.74, 6) is -0.671. The summed E-state index contributed by atoms with van der Waals surface area (Å²) < 4.78 is 61.2. The lowest BCUT2D eigenvalue weighted by molar-refractivity contribution is -0.144. The molecule has 3 heterocycles. The number of hydrazine groups is 1. The summed E-state index contributed by atoms with van der Waals surface area (Å²) in [6, 6.07) is 14.7. The van der Waals surface area contributed by atoms with Crippen LogP contribution in [0.4, 0.5) is 5.82 Å². The molecule has 0 spiro atoms. The number of nitrogens with one attached hydrogen (secondary N) is 2. The number of ether oxygens (including phenoxy) is 2. The maximum atomic E-state index is 14.0. The minimum atomic E-state index is -4.55. The first-order chi connectivity index (χ1) is 22.1. The molecule has 5 atom stereocenters. The molecule has 2 aromatic heterocycles. The van der Waals surface area contributed by atoms with Gasteiger partial charge in [0.05, 0.1) is 12.6 Å². The van der Waals surface area contributed by atoms with Gasteiger partial charge in [-0.05, 0) is 36.8 Å². The van der Waals surface area contributed by atoms with E-state index in [2.05, 4.69) is 24.9 Å². The van der Waals surface area contributed by atoms with E-state index in [-0.39, 0.29) is 29.3 Å². The van der Waals surface area contributed by atoms with Gasteiger partial charge < -0.3 is 24.2 Å². The highest BCUT2D eigenvalue weighted by atomic mass is 35.5. The van der Waals surface area contributed by atoms with Crippen LogP contribution in [-0.4, -0.2) is 82.0 Å². The first-order valence-electron chi connectivity index (χ1n) is 13.8. The number of hydrogen-bond acceptors (Lipinski definition) is 14. The summed E-state index contributed by atoms with van der Waals surface area (Å²) in [6.45, 7) is 0.585. The number of anilines is 1. The second-order valence-corrected chi connectivity index (χ2v) is 14.5. The molecule has 0 saturated carbocycles. The highest BCUT2D eigenvalue weighted by Gasteiger charge is 2.56. The van der Waals surface area contributed by atoms with Crippen LogP contribution in [0.2, 0.25) is 5.02 Å². The Morgan fingerprint density at radius 3 is 2.55 bits per heavy atom. The summed E-state index contributed by atoms with van der Waals surface area (Å²) >= 11 is 5.96. The van der Waals surface area contributed by atoms with Crippen LogP contribution in [0, 0.1) is 0 Å². The highest BCUT2D eigenvalue weighted by Crippen LogP contribution is 2.50. The second-order valence-electron chi connectivity index (χ2n) is 10.6. The molecule has 1 saturated heterocycles. The molecule has 17 nitrogen and oxygen atoms in total. The smallest absolute Gasteiger partial charge is 0.460 e. The van der Waals surface area contributed by atoms with Crippen LogP contribution in [0.3, 0.4) is 0 Å². The fourth-order valence-electron chi connectivity index (χ4n) is 4.55. The van der Waals surface area contributed by atoms with Gasteiger partial charge in [0.2, 0.25) is 16.3 Å². The zero-order chi connectivity index (χ0) is 34.0. The molecule has 2 aromatic carbocycles. The molecule has 47 heavy (non-hydrogen) atoms. The lowest BCUT2D eigenvalue weighted by Crippen LogP contribution is -2.44. The monoisotopic (exact) mass is 711 g/mol. The second kappa shape index (κ2) is 13.8. The number of carbonyl (C=O) groups excluding carboxylic acids is 1. The summed E-state index contributed by atoms with van der Waals surface area (Å²) in [5, 5.41) is 26.4. The number of benzene rings is 2. The van der Waals surface area contributed by atoms with Gasteiger partial charge in [-0.1, -0.05) is 41.9 Å². The van der Waals surface area contributed by atoms with Gasteiger partial charge in [0.25, 0.3) is 0 Å². The molecular formula is C27H31ClN7O10PS. The number of aliphatic hydroxyl groups excluding tert-OH is 1. The molecule has 4 N–H and O–H groups in total. The Labute approximate surface area is 274 Å². The summed E-state index contributed by atoms with van der Waals surface area (Å²) in [5.41, 5.74) is -1.15. The molecule has 4 aromatic rings. The van der Waals surface area contributed by atoms with Crippen LogP contribution in [0.5, 0.6) is 5.75 Å². The normalized spacial score (nSPS) is 22.6. The number of hydrogen-bond donors (Lipinski definition) is 4. The minimum absolute atomic E-state index is 0.0374. The molecule has 252 valence electrons. The first kappa shape index (κ1) is 34.6. The number of fused-ring (bicyclic) bond motifs is 1. The third kappa shape index (κ3) is 8.24. The third-order valence-corrected chi connectivity index (χ3v) is 9.11. The van der Waals surface area contributed by atoms with Gasteiger partial charge in [0.15, 0.2) is 23.2 Å². The van der Waals surface area contributed by atoms with Crippen LogP contribution in [-0.2, 0) is 40.0 Å². The first-order valence-corrected chi connectivity index (χ1v) is 17.6. The zero-order valence-electron chi connectivity index (χ0n) is 25.1. The minimum Gasteiger partial charge on any atom is -0.460 e. The van der Waals surface area contributed by atoms with Crippen molar-refractivity contribution in [2.45, 2.75) is 37.8 Å². The Balaban J connectivity index is 1.37. The standard InChI is InChI=1S/C27H31ClN7O10PS/c1-27(38)22(37)25(43-26(27)35-16-31-21-23(29-15-30-24(21)35)34(2)33-47(3,40)41)45-46(39,44-19-11-9-18(28)10-12-19)32-13-20(36)42-14-17-7-5-4-6-8-17/h4-12,15-16,22,25-26,33,37-38H,13-14H2,1-3H3,(H,32,39)/t22?,25?,26-,27-,46?/m1/s1. The molecule has 0 radical (unpaired) electrons. The van der Waals surface area contributed by atoms with Crippen molar-refractivity contribution in [3.63, 3.8) is 0 Å². The summed E-state index contributed by atoms with van der Waals surface area (Å²) in [4.78, 5) is 27.3. The molecule has 20 heteroatoms. The van der Waals surface area contributed by atoms with E-state index in [1.54, 1.807) is 24.3 Å². The highest BCUT2D eigenvalue weighted by molar-refractivity contribution is 7.88. The van der Waals surface area contributed by atoms with Gasteiger partial charge in [-0.25, -0.2) is 33.0 Å². The van der Waals surface area contributed by atoms with E-state index in [0.29, 0.717) is 5.02 Å². The maximum Gasteiger partial charge on any atom is 0.461 e. The number of aromatic nitrogens is 4.